The van der Waals surface area contributed by atoms with Gasteiger partial charge in [0.25, 0.3) is 0 Å². The zero-order valence-electron chi connectivity index (χ0n) is 5.84. The average Bonchev–Trinajstić information content (AvgIpc) is 1.91. The lowest BCUT2D eigenvalue weighted by atomic mass is 10.2. The molecule has 1 heterocycles. The summed E-state index contributed by atoms with van der Waals surface area (Å²) in [6.07, 6.45) is 8.06. The van der Waals surface area contributed by atoms with Crippen molar-refractivity contribution in [2.45, 2.75) is 19.3 Å². The van der Waals surface area contributed by atoms with Crippen molar-refractivity contribution in [3.63, 3.8) is 0 Å². The van der Waals surface area contributed by atoms with Crippen LogP contribution < -0.4 is 0 Å². The van der Waals surface area contributed by atoms with Gasteiger partial charge in [0, 0.05) is 12.8 Å². The first-order valence-corrected chi connectivity index (χ1v) is 3.63. The Bertz CT molecular complexity index is 117. The van der Waals surface area contributed by atoms with Gasteiger partial charge in [-0.1, -0.05) is 6.58 Å². The van der Waals surface area contributed by atoms with Crippen LogP contribution in [0.5, 0.6) is 0 Å². The summed E-state index contributed by atoms with van der Waals surface area (Å²) in [6.45, 7) is 6.11. The highest BCUT2D eigenvalue weighted by Gasteiger charge is 2.07. The third-order valence-electron chi connectivity index (χ3n) is 1.71. The molecule has 1 heteroatoms. The summed E-state index contributed by atoms with van der Waals surface area (Å²) in [4.78, 5) is 0. The standard InChI is InChI=1S/C8H14N/c1-2-6-9-7-4-3-5-8-9/h2,6H,1,3-5,7-8H2/q+1. The van der Waals surface area contributed by atoms with Crippen LogP contribution in [-0.4, -0.2) is 23.9 Å². The van der Waals surface area contributed by atoms with E-state index in [0.717, 1.165) is 0 Å². The zero-order valence-corrected chi connectivity index (χ0v) is 5.84. The molecule has 0 saturated carbocycles. The SMILES string of the molecule is C=CC=[N+]1CCCCC1. The first-order chi connectivity index (χ1) is 4.43. The van der Waals surface area contributed by atoms with Crippen LogP contribution in [0.4, 0.5) is 0 Å². The molecule has 0 atom stereocenters. The molecular weight excluding hydrogens is 110 g/mol. The molecule has 0 bridgehead atoms. The zero-order chi connectivity index (χ0) is 6.53. The van der Waals surface area contributed by atoms with E-state index in [1.807, 2.05) is 6.08 Å². The molecule has 0 amide bonds. The van der Waals surface area contributed by atoms with Crippen LogP contribution in [0.15, 0.2) is 12.7 Å². The fraction of sp³-hybridized carbons (Fsp3) is 0.625. The minimum absolute atomic E-state index is 1.23. The molecular formula is C8H14N+. The first-order valence-electron chi connectivity index (χ1n) is 3.63. The molecule has 0 aliphatic carbocycles. The molecule has 0 aromatic heterocycles. The van der Waals surface area contributed by atoms with E-state index in [0.29, 0.717) is 0 Å². The molecule has 1 nitrogen and oxygen atoms in total. The second-order valence-corrected chi connectivity index (χ2v) is 2.48. The Hall–Kier alpha value is -0.590. The number of rotatable bonds is 1. The predicted molar refractivity (Wildman–Crippen MR) is 40.1 cm³/mol. The van der Waals surface area contributed by atoms with Gasteiger partial charge in [-0.2, -0.15) is 0 Å². The van der Waals surface area contributed by atoms with Crippen molar-refractivity contribution in [1.82, 2.24) is 0 Å². The van der Waals surface area contributed by atoms with E-state index in [1.54, 1.807) is 0 Å². The van der Waals surface area contributed by atoms with E-state index in [1.165, 1.54) is 32.4 Å². The molecule has 0 aromatic rings. The Morgan fingerprint density at radius 3 is 2.33 bits per heavy atom. The lowest BCUT2D eigenvalue weighted by Crippen LogP contribution is -2.20. The van der Waals surface area contributed by atoms with Crippen LogP contribution in [0.25, 0.3) is 0 Å². The topological polar surface area (TPSA) is 3.01 Å². The molecule has 1 saturated heterocycles. The van der Waals surface area contributed by atoms with Crippen LogP contribution in [0.2, 0.25) is 0 Å². The molecule has 1 aliphatic rings. The van der Waals surface area contributed by atoms with Crippen LogP contribution >= 0.6 is 0 Å². The van der Waals surface area contributed by atoms with Crippen molar-refractivity contribution in [1.29, 1.82) is 0 Å². The lowest BCUT2D eigenvalue weighted by Gasteiger charge is -2.07. The second kappa shape index (κ2) is 3.44. The number of piperidine rings is 1. The molecule has 50 valence electrons. The normalized spacial score (nSPS) is 19.3. The van der Waals surface area contributed by atoms with Gasteiger partial charge in [0.2, 0.25) is 0 Å². The molecule has 0 unspecified atom stereocenters. The monoisotopic (exact) mass is 124 g/mol. The predicted octanol–water partition coefficient (Wildman–Crippen LogP) is 1.44. The Labute approximate surface area is 56.7 Å². The third kappa shape index (κ3) is 2.00. The average molecular weight is 124 g/mol. The number of hydrogen-bond acceptors (Lipinski definition) is 0. The van der Waals surface area contributed by atoms with E-state index in [9.17, 15) is 0 Å². The maximum Gasteiger partial charge on any atom is 0.162 e. The van der Waals surface area contributed by atoms with E-state index in [-0.39, 0.29) is 0 Å². The van der Waals surface area contributed by atoms with Gasteiger partial charge < -0.3 is 0 Å². The highest BCUT2D eigenvalue weighted by molar-refractivity contribution is 5.64. The first kappa shape index (κ1) is 6.53. The fourth-order valence-electron chi connectivity index (χ4n) is 1.22. The maximum atomic E-state index is 3.66. The van der Waals surface area contributed by atoms with Crippen LogP contribution in [-0.2, 0) is 0 Å². The molecule has 1 aliphatic heterocycles. The van der Waals surface area contributed by atoms with Crippen LogP contribution in [0.3, 0.4) is 0 Å². The molecule has 0 radical (unpaired) electrons. The van der Waals surface area contributed by atoms with Crippen molar-refractivity contribution in [3.05, 3.63) is 12.7 Å². The molecule has 0 aromatic carbocycles. The smallest absolute Gasteiger partial charge is 0.162 e. The molecule has 9 heavy (non-hydrogen) atoms. The Kier molecular flexibility index (Phi) is 2.49. The Morgan fingerprint density at radius 2 is 1.78 bits per heavy atom. The van der Waals surface area contributed by atoms with Gasteiger partial charge in [0.15, 0.2) is 6.21 Å². The Morgan fingerprint density at radius 1 is 1.11 bits per heavy atom. The molecule has 0 N–H and O–H groups in total. The van der Waals surface area contributed by atoms with Crippen molar-refractivity contribution in [3.8, 4) is 0 Å². The summed E-state index contributed by atoms with van der Waals surface area (Å²) >= 11 is 0. The number of hydrogen-bond donors (Lipinski definition) is 0. The molecule has 1 fully saturated rings. The van der Waals surface area contributed by atoms with Gasteiger partial charge in [-0.25, -0.2) is 4.58 Å². The lowest BCUT2D eigenvalue weighted by molar-refractivity contribution is -0.532. The van der Waals surface area contributed by atoms with Crippen molar-refractivity contribution < 1.29 is 4.58 Å². The fourth-order valence-corrected chi connectivity index (χ4v) is 1.22. The minimum Gasteiger partial charge on any atom is -0.236 e. The third-order valence-corrected chi connectivity index (χ3v) is 1.71. The van der Waals surface area contributed by atoms with E-state index in [2.05, 4.69) is 17.4 Å². The van der Waals surface area contributed by atoms with E-state index >= 15 is 0 Å². The highest BCUT2D eigenvalue weighted by Crippen LogP contribution is 2.02. The number of nitrogens with zero attached hydrogens (tertiary/aromatic N) is 1. The van der Waals surface area contributed by atoms with Gasteiger partial charge in [-0.15, -0.1) is 0 Å². The summed E-state index contributed by atoms with van der Waals surface area (Å²) in [7, 11) is 0. The van der Waals surface area contributed by atoms with Gasteiger partial charge in [0.05, 0.1) is 0 Å². The minimum atomic E-state index is 1.23. The summed E-state index contributed by atoms with van der Waals surface area (Å²) in [5.74, 6) is 0. The molecule has 1 rings (SSSR count). The van der Waals surface area contributed by atoms with Gasteiger partial charge in [-0.3, -0.25) is 0 Å². The van der Waals surface area contributed by atoms with Crippen LogP contribution in [0, 0.1) is 0 Å². The molecule has 0 spiro atoms. The quantitative estimate of drug-likeness (QED) is 0.465. The van der Waals surface area contributed by atoms with Gasteiger partial charge >= 0.3 is 0 Å². The largest absolute Gasteiger partial charge is 0.236 e. The van der Waals surface area contributed by atoms with Crippen LogP contribution in [0.1, 0.15) is 19.3 Å². The Balaban J connectivity index is 2.39. The van der Waals surface area contributed by atoms with Crippen molar-refractivity contribution in [2.24, 2.45) is 0 Å². The van der Waals surface area contributed by atoms with Gasteiger partial charge in [-0.05, 0) is 12.5 Å². The maximum absolute atomic E-state index is 3.66. The summed E-state index contributed by atoms with van der Waals surface area (Å²) < 4.78 is 2.33. The van der Waals surface area contributed by atoms with Crippen molar-refractivity contribution >= 4 is 6.21 Å². The summed E-state index contributed by atoms with van der Waals surface area (Å²) in [5.41, 5.74) is 0. The second-order valence-electron chi connectivity index (χ2n) is 2.48. The van der Waals surface area contributed by atoms with Gasteiger partial charge in [0.1, 0.15) is 13.1 Å². The number of allylic oxidation sites excluding steroid dienone is 1. The van der Waals surface area contributed by atoms with E-state index < -0.39 is 0 Å². The van der Waals surface area contributed by atoms with Crippen molar-refractivity contribution in [2.75, 3.05) is 13.1 Å². The summed E-state index contributed by atoms with van der Waals surface area (Å²) in [5, 5.41) is 0. The summed E-state index contributed by atoms with van der Waals surface area (Å²) in [6, 6.07) is 0. The highest BCUT2D eigenvalue weighted by atomic mass is 15.0. The van der Waals surface area contributed by atoms with E-state index in [4.69, 9.17) is 0 Å².